The van der Waals surface area contributed by atoms with Crippen molar-refractivity contribution in [3.8, 4) is 0 Å². The molecule has 5 atom stereocenters. The maximum Gasteiger partial charge on any atom is 0.169 e. The third kappa shape index (κ3) is 1.51. The van der Waals surface area contributed by atoms with E-state index in [-0.39, 0.29) is 11.7 Å². The molecule has 0 bridgehead atoms. The molecule has 1 N–H and O–H groups in total. The highest BCUT2D eigenvalue weighted by atomic mass is 16.5. The number of ketones is 1. The number of fused-ring (bicyclic) bond motifs is 3. The van der Waals surface area contributed by atoms with Gasteiger partial charge in [0.1, 0.15) is 5.60 Å². The summed E-state index contributed by atoms with van der Waals surface area (Å²) in [6.07, 6.45) is 9.31. The number of rotatable bonds is 0. The fourth-order valence-corrected chi connectivity index (χ4v) is 3.82. The highest BCUT2D eigenvalue weighted by Gasteiger charge is 2.60. The first kappa shape index (κ1) is 12.7. The number of allylic oxidation sites excluding steroid dienone is 3. The molecule has 19 heavy (non-hydrogen) atoms. The van der Waals surface area contributed by atoms with Crippen LogP contribution < -0.4 is 0 Å². The minimum Gasteiger partial charge on any atom is -0.490 e. The van der Waals surface area contributed by atoms with Gasteiger partial charge in [0, 0.05) is 12.0 Å². The molecule has 0 saturated heterocycles. The fraction of sp³-hybridized carbons (Fsp3) is 0.562. The molecule has 3 heteroatoms. The van der Waals surface area contributed by atoms with E-state index in [1.807, 2.05) is 26.0 Å². The molecule has 0 aromatic rings. The maximum atomic E-state index is 12.5. The van der Waals surface area contributed by atoms with Crippen molar-refractivity contribution in [1.29, 1.82) is 0 Å². The van der Waals surface area contributed by atoms with E-state index in [2.05, 4.69) is 13.0 Å². The third-order valence-electron chi connectivity index (χ3n) is 5.13. The summed E-state index contributed by atoms with van der Waals surface area (Å²) in [5, 5.41) is 10.5. The van der Waals surface area contributed by atoms with Crippen LogP contribution in [-0.4, -0.2) is 22.6 Å². The zero-order chi connectivity index (χ0) is 13.8. The Morgan fingerprint density at radius 1 is 1.37 bits per heavy atom. The second-order valence-electron chi connectivity index (χ2n) is 6.35. The van der Waals surface area contributed by atoms with Gasteiger partial charge in [-0.1, -0.05) is 19.1 Å². The van der Waals surface area contributed by atoms with Crippen LogP contribution in [-0.2, 0) is 9.53 Å². The lowest BCUT2D eigenvalue weighted by atomic mass is 9.54. The number of aliphatic hydroxyl groups is 1. The molecule has 0 amide bonds. The standard InChI is InChI=1S/C16H20O3/c1-10-8-11-4-6-15(2)16(3,13(18)5-7-19-15)14(11)12(17)9-10/h4-8,10,12,14,17H,9H2,1-3H3. The van der Waals surface area contributed by atoms with Gasteiger partial charge >= 0.3 is 0 Å². The Morgan fingerprint density at radius 3 is 2.84 bits per heavy atom. The van der Waals surface area contributed by atoms with Crippen molar-refractivity contribution >= 4 is 5.78 Å². The van der Waals surface area contributed by atoms with Crippen LogP contribution in [0.4, 0.5) is 0 Å². The van der Waals surface area contributed by atoms with Gasteiger partial charge in [-0.05, 0) is 37.8 Å². The molecule has 0 radical (unpaired) electrons. The van der Waals surface area contributed by atoms with Gasteiger partial charge in [0.2, 0.25) is 0 Å². The van der Waals surface area contributed by atoms with Crippen LogP contribution in [0, 0.1) is 17.3 Å². The second kappa shape index (κ2) is 3.83. The molecule has 0 fully saturated rings. The fourth-order valence-electron chi connectivity index (χ4n) is 3.82. The quantitative estimate of drug-likeness (QED) is 0.727. The van der Waals surface area contributed by atoms with E-state index in [9.17, 15) is 9.90 Å². The molecule has 3 nitrogen and oxygen atoms in total. The lowest BCUT2D eigenvalue weighted by Crippen LogP contribution is -2.60. The van der Waals surface area contributed by atoms with Gasteiger partial charge in [-0.3, -0.25) is 4.79 Å². The van der Waals surface area contributed by atoms with E-state index in [4.69, 9.17) is 4.74 Å². The first-order valence-electron chi connectivity index (χ1n) is 6.86. The molecule has 0 aromatic heterocycles. The summed E-state index contributed by atoms with van der Waals surface area (Å²) < 4.78 is 5.74. The van der Waals surface area contributed by atoms with Gasteiger partial charge < -0.3 is 9.84 Å². The number of ether oxygens (including phenoxy) is 1. The predicted octanol–water partition coefficient (Wildman–Crippen LogP) is 2.38. The molecule has 1 aliphatic heterocycles. The molecular formula is C16H20O3. The Kier molecular flexibility index (Phi) is 2.55. The van der Waals surface area contributed by atoms with Crippen molar-refractivity contribution in [1.82, 2.24) is 0 Å². The van der Waals surface area contributed by atoms with Crippen molar-refractivity contribution < 1.29 is 14.6 Å². The van der Waals surface area contributed by atoms with Crippen LogP contribution in [0.5, 0.6) is 0 Å². The number of carbonyl (C=O) groups is 1. The number of carbonyl (C=O) groups excluding carboxylic acids is 1. The average molecular weight is 260 g/mol. The molecule has 5 unspecified atom stereocenters. The second-order valence-corrected chi connectivity index (χ2v) is 6.35. The van der Waals surface area contributed by atoms with Crippen molar-refractivity contribution in [2.45, 2.75) is 38.9 Å². The first-order valence-corrected chi connectivity index (χ1v) is 6.86. The van der Waals surface area contributed by atoms with Crippen molar-refractivity contribution in [3.05, 3.63) is 36.1 Å². The first-order chi connectivity index (χ1) is 8.88. The Labute approximate surface area is 113 Å². The predicted molar refractivity (Wildman–Crippen MR) is 72.2 cm³/mol. The van der Waals surface area contributed by atoms with Crippen LogP contribution in [0.15, 0.2) is 36.1 Å². The van der Waals surface area contributed by atoms with Crippen LogP contribution in [0.25, 0.3) is 0 Å². The van der Waals surface area contributed by atoms with Gasteiger partial charge in [-0.25, -0.2) is 0 Å². The number of aliphatic hydroxyl groups excluding tert-OH is 1. The van der Waals surface area contributed by atoms with E-state index >= 15 is 0 Å². The minimum absolute atomic E-state index is 0.0371. The summed E-state index contributed by atoms with van der Waals surface area (Å²) >= 11 is 0. The number of hydrogen-bond donors (Lipinski definition) is 1. The van der Waals surface area contributed by atoms with Crippen LogP contribution >= 0.6 is 0 Å². The average Bonchev–Trinajstić information content (AvgIpc) is 2.32. The topological polar surface area (TPSA) is 46.5 Å². The van der Waals surface area contributed by atoms with Crippen molar-refractivity contribution in [2.24, 2.45) is 17.3 Å². The van der Waals surface area contributed by atoms with Crippen molar-refractivity contribution in [3.63, 3.8) is 0 Å². The van der Waals surface area contributed by atoms with E-state index < -0.39 is 17.1 Å². The Morgan fingerprint density at radius 2 is 2.11 bits per heavy atom. The summed E-state index contributed by atoms with van der Waals surface area (Å²) in [5.41, 5.74) is -0.344. The largest absolute Gasteiger partial charge is 0.490 e. The summed E-state index contributed by atoms with van der Waals surface area (Å²) in [4.78, 5) is 12.5. The Balaban J connectivity index is 2.19. The molecule has 102 valence electrons. The zero-order valence-corrected chi connectivity index (χ0v) is 11.6. The Bertz CT molecular complexity index is 516. The van der Waals surface area contributed by atoms with Gasteiger partial charge in [0.05, 0.1) is 17.8 Å². The molecular weight excluding hydrogens is 240 g/mol. The van der Waals surface area contributed by atoms with Gasteiger partial charge in [0.15, 0.2) is 5.78 Å². The highest BCUT2D eigenvalue weighted by molar-refractivity contribution is 5.97. The van der Waals surface area contributed by atoms with E-state index in [1.165, 1.54) is 12.3 Å². The van der Waals surface area contributed by atoms with Crippen LogP contribution in [0.2, 0.25) is 0 Å². The van der Waals surface area contributed by atoms with Crippen LogP contribution in [0.1, 0.15) is 27.2 Å². The van der Waals surface area contributed by atoms with Crippen molar-refractivity contribution in [2.75, 3.05) is 0 Å². The van der Waals surface area contributed by atoms with Gasteiger partial charge in [-0.15, -0.1) is 0 Å². The molecule has 0 aromatic carbocycles. The molecule has 0 spiro atoms. The van der Waals surface area contributed by atoms with Gasteiger partial charge in [-0.2, -0.15) is 0 Å². The lowest BCUT2D eigenvalue weighted by Gasteiger charge is -2.54. The maximum absolute atomic E-state index is 12.5. The SMILES string of the molecule is CC1C=C2C=CC3(C)OC=CC(=O)C3(C)C2C(O)C1. The summed E-state index contributed by atoms with van der Waals surface area (Å²) in [5.74, 6) is 0.195. The summed E-state index contributed by atoms with van der Waals surface area (Å²) in [6, 6.07) is 0. The summed E-state index contributed by atoms with van der Waals surface area (Å²) in [7, 11) is 0. The van der Waals surface area contributed by atoms with Gasteiger partial charge in [0.25, 0.3) is 0 Å². The minimum atomic E-state index is -0.734. The van der Waals surface area contributed by atoms with E-state index in [0.29, 0.717) is 12.3 Å². The molecule has 1 heterocycles. The molecule has 3 rings (SSSR count). The zero-order valence-electron chi connectivity index (χ0n) is 11.6. The smallest absolute Gasteiger partial charge is 0.169 e. The third-order valence-corrected chi connectivity index (χ3v) is 5.13. The Hall–Kier alpha value is -1.35. The van der Waals surface area contributed by atoms with E-state index in [1.54, 1.807) is 0 Å². The molecule has 2 aliphatic carbocycles. The monoisotopic (exact) mass is 260 g/mol. The van der Waals surface area contributed by atoms with E-state index in [0.717, 1.165) is 5.57 Å². The lowest BCUT2D eigenvalue weighted by molar-refractivity contribution is -0.152. The molecule has 0 saturated carbocycles. The number of hydrogen-bond acceptors (Lipinski definition) is 3. The highest BCUT2D eigenvalue weighted by Crippen LogP contribution is 2.54. The normalized spacial score (nSPS) is 48.1. The molecule has 3 aliphatic rings. The van der Waals surface area contributed by atoms with Crippen LogP contribution in [0.3, 0.4) is 0 Å². The summed E-state index contributed by atoms with van der Waals surface area (Å²) in [6.45, 7) is 5.93.